The van der Waals surface area contributed by atoms with Crippen LogP contribution in [0.4, 0.5) is 10.3 Å². The summed E-state index contributed by atoms with van der Waals surface area (Å²) in [6.45, 7) is 3.11. The van der Waals surface area contributed by atoms with E-state index < -0.39 is 12.4 Å². The maximum Gasteiger partial charge on any atom is 0.274 e. The second-order valence-corrected chi connectivity index (χ2v) is 9.52. The molecule has 1 aliphatic heterocycles. The first-order valence-electron chi connectivity index (χ1n) is 11.9. The summed E-state index contributed by atoms with van der Waals surface area (Å²) in [6.07, 6.45) is 3.11. The minimum Gasteiger partial charge on any atom is -0.387 e. The number of carbonyl (C=O) groups is 1. The molecule has 1 fully saturated rings. The lowest BCUT2D eigenvalue weighted by Crippen LogP contribution is -2.55. The van der Waals surface area contributed by atoms with E-state index in [2.05, 4.69) is 9.97 Å². The molecule has 0 unspecified atom stereocenters. The Balaban J connectivity index is 1.46. The molecule has 0 bridgehead atoms. The van der Waals surface area contributed by atoms with Crippen LogP contribution < -0.4 is 10.5 Å². The first kappa shape index (κ1) is 24.9. The highest BCUT2D eigenvalue weighted by molar-refractivity contribution is 6.31. The first-order chi connectivity index (χ1) is 17.8. The monoisotopic (exact) mass is 524 g/mol. The van der Waals surface area contributed by atoms with Crippen LogP contribution in [0.1, 0.15) is 12.5 Å². The summed E-state index contributed by atoms with van der Waals surface area (Å²) in [5.41, 5.74) is 1.42. The average Bonchev–Trinajstić information content (AvgIpc) is 3.15. The Kier molecular flexibility index (Phi) is 6.70. The minimum atomic E-state index is -0.539. The molecule has 1 N–H and O–H groups in total. The summed E-state index contributed by atoms with van der Waals surface area (Å²) in [4.78, 5) is 37.2. The maximum absolute atomic E-state index is 15.9. The third-order valence-electron chi connectivity index (χ3n) is 6.85. The van der Waals surface area contributed by atoms with Crippen molar-refractivity contribution in [1.29, 1.82) is 0 Å². The summed E-state index contributed by atoms with van der Waals surface area (Å²) in [5.74, 6) is -0.366. The van der Waals surface area contributed by atoms with E-state index in [1.807, 2.05) is 30.0 Å². The number of aromatic nitrogens is 4. The van der Waals surface area contributed by atoms with Crippen LogP contribution in [0.3, 0.4) is 0 Å². The van der Waals surface area contributed by atoms with Crippen molar-refractivity contribution >= 4 is 34.4 Å². The van der Waals surface area contributed by atoms with Gasteiger partial charge in [0.15, 0.2) is 5.82 Å². The van der Waals surface area contributed by atoms with Crippen LogP contribution in [0.5, 0.6) is 0 Å². The maximum atomic E-state index is 15.9. The average molecular weight is 525 g/mol. The molecule has 192 valence electrons. The number of aliphatic hydroxyl groups is 1. The van der Waals surface area contributed by atoms with Crippen molar-refractivity contribution < 1.29 is 14.3 Å². The van der Waals surface area contributed by atoms with E-state index in [-0.39, 0.29) is 40.5 Å². The summed E-state index contributed by atoms with van der Waals surface area (Å²) >= 11 is 6.32. The zero-order valence-electron chi connectivity index (χ0n) is 20.4. The standard InChI is InChI=1S/C26H26ClFN6O3/c1-16-13-32(9-10-33(16)22(36)15-35)26-29-11-18(12-30-26)19-7-8-20-24(23(19)28)34(31(2)25(20)37)14-17-5-3-4-6-21(17)27/h3-8,11-12,16,35H,9-10,13-15H2,1-2H3/t16-/m1/s1. The van der Waals surface area contributed by atoms with Crippen molar-refractivity contribution in [3.8, 4) is 11.1 Å². The van der Waals surface area contributed by atoms with E-state index in [0.717, 1.165) is 5.56 Å². The fraction of sp³-hybridized carbons (Fsp3) is 0.308. The van der Waals surface area contributed by atoms with E-state index in [9.17, 15) is 9.59 Å². The number of nitrogens with zero attached hydrogens (tertiary/aromatic N) is 6. The van der Waals surface area contributed by atoms with Gasteiger partial charge in [-0.25, -0.2) is 14.4 Å². The summed E-state index contributed by atoms with van der Waals surface area (Å²) in [5, 5.41) is 9.96. The number of aliphatic hydroxyl groups excluding tert-OH is 1. The van der Waals surface area contributed by atoms with Crippen molar-refractivity contribution in [2.75, 3.05) is 31.1 Å². The molecule has 11 heteroatoms. The molecule has 0 saturated carbocycles. The van der Waals surface area contributed by atoms with E-state index in [1.54, 1.807) is 47.2 Å². The summed E-state index contributed by atoms with van der Waals surface area (Å²) in [6, 6.07) is 10.3. The molecule has 0 radical (unpaired) electrons. The number of hydrogen-bond acceptors (Lipinski definition) is 6. The van der Waals surface area contributed by atoms with Crippen LogP contribution in [0, 0.1) is 5.82 Å². The molecule has 4 aromatic rings. The minimum absolute atomic E-state index is 0.107. The Morgan fingerprint density at radius 1 is 1.16 bits per heavy atom. The Morgan fingerprint density at radius 3 is 2.57 bits per heavy atom. The third kappa shape index (κ3) is 4.47. The van der Waals surface area contributed by atoms with Gasteiger partial charge < -0.3 is 14.9 Å². The van der Waals surface area contributed by atoms with Crippen LogP contribution in [0.2, 0.25) is 5.02 Å². The lowest BCUT2D eigenvalue weighted by molar-refractivity contribution is -0.136. The SMILES string of the molecule is C[C@@H]1CN(c2ncc(-c3ccc4c(=O)n(C)n(Cc5ccccc5Cl)c4c3F)cn2)CCN1C(=O)CO. The fourth-order valence-electron chi connectivity index (χ4n) is 4.84. The van der Waals surface area contributed by atoms with Crippen molar-refractivity contribution in [1.82, 2.24) is 24.2 Å². The van der Waals surface area contributed by atoms with Gasteiger partial charge in [0.2, 0.25) is 11.9 Å². The quantitative estimate of drug-likeness (QED) is 0.431. The van der Waals surface area contributed by atoms with Gasteiger partial charge in [-0.15, -0.1) is 0 Å². The van der Waals surface area contributed by atoms with E-state index in [0.29, 0.717) is 36.2 Å². The molecule has 0 spiro atoms. The number of piperazine rings is 1. The van der Waals surface area contributed by atoms with Gasteiger partial charge in [0.05, 0.1) is 11.9 Å². The summed E-state index contributed by atoms with van der Waals surface area (Å²) in [7, 11) is 1.60. The number of fused-ring (bicyclic) bond motifs is 1. The number of hydrogen-bond donors (Lipinski definition) is 1. The first-order valence-corrected chi connectivity index (χ1v) is 12.3. The smallest absolute Gasteiger partial charge is 0.274 e. The van der Waals surface area contributed by atoms with Crippen molar-refractivity contribution in [2.24, 2.45) is 7.05 Å². The third-order valence-corrected chi connectivity index (χ3v) is 7.22. The lowest BCUT2D eigenvalue weighted by atomic mass is 10.1. The van der Waals surface area contributed by atoms with Crippen LogP contribution in [-0.4, -0.2) is 67.5 Å². The molecule has 2 aromatic carbocycles. The normalized spacial score (nSPS) is 16.0. The second-order valence-electron chi connectivity index (χ2n) is 9.11. The summed E-state index contributed by atoms with van der Waals surface area (Å²) < 4.78 is 18.9. The van der Waals surface area contributed by atoms with Crippen molar-refractivity contribution in [2.45, 2.75) is 19.5 Å². The van der Waals surface area contributed by atoms with Gasteiger partial charge in [0.25, 0.3) is 5.56 Å². The second kappa shape index (κ2) is 9.95. The molecule has 1 amide bonds. The lowest BCUT2D eigenvalue weighted by Gasteiger charge is -2.39. The van der Waals surface area contributed by atoms with Crippen LogP contribution in [0.15, 0.2) is 53.6 Å². The van der Waals surface area contributed by atoms with Crippen molar-refractivity contribution in [3.63, 3.8) is 0 Å². The largest absolute Gasteiger partial charge is 0.387 e. The Hall–Kier alpha value is -3.76. The van der Waals surface area contributed by atoms with Crippen molar-refractivity contribution in [3.05, 3.63) is 75.5 Å². The molecule has 2 aromatic heterocycles. The van der Waals surface area contributed by atoms with Gasteiger partial charge in [0, 0.05) is 61.3 Å². The number of benzene rings is 2. The number of carbonyl (C=O) groups excluding carboxylic acids is 1. The Labute approximate surface area is 217 Å². The molecule has 0 aliphatic carbocycles. The molecule has 9 nitrogen and oxygen atoms in total. The predicted molar refractivity (Wildman–Crippen MR) is 139 cm³/mol. The highest BCUT2D eigenvalue weighted by atomic mass is 35.5. The molecule has 1 atom stereocenters. The van der Waals surface area contributed by atoms with Crippen LogP contribution in [-0.2, 0) is 18.4 Å². The van der Waals surface area contributed by atoms with E-state index in [4.69, 9.17) is 16.7 Å². The van der Waals surface area contributed by atoms with E-state index in [1.165, 1.54) is 4.68 Å². The Morgan fingerprint density at radius 2 is 1.89 bits per heavy atom. The Bertz CT molecular complexity index is 1530. The molecule has 1 aliphatic rings. The molecular weight excluding hydrogens is 499 g/mol. The highest BCUT2D eigenvalue weighted by Crippen LogP contribution is 2.29. The number of halogens is 2. The van der Waals surface area contributed by atoms with E-state index >= 15 is 4.39 Å². The van der Waals surface area contributed by atoms with Gasteiger partial charge in [-0.05, 0) is 24.6 Å². The molecule has 3 heterocycles. The predicted octanol–water partition coefficient (Wildman–Crippen LogP) is 2.67. The topological polar surface area (TPSA) is 96.5 Å². The highest BCUT2D eigenvalue weighted by Gasteiger charge is 2.28. The molecule has 1 saturated heterocycles. The molecule has 37 heavy (non-hydrogen) atoms. The molecular formula is C26H26ClFN6O3. The number of rotatable bonds is 5. The van der Waals surface area contributed by atoms with Gasteiger partial charge in [-0.3, -0.25) is 19.0 Å². The van der Waals surface area contributed by atoms with Gasteiger partial charge in [-0.2, -0.15) is 0 Å². The van der Waals surface area contributed by atoms with Crippen LogP contribution in [0.25, 0.3) is 22.0 Å². The van der Waals surface area contributed by atoms with Crippen LogP contribution >= 0.6 is 11.6 Å². The zero-order chi connectivity index (χ0) is 26.3. The number of amides is 1. The van der Waals surface area contributed by atoms with Gasteiger partial charge in [0.1, 0.15) is 12.1 Å². The fourth-order valence-corrected chi connectivity index (χ4v) is 5.04. The number of anilines is 1. The van der Waals surface area contributed by atoms with Gasteiger partial charge in [-0.1, -0.05) is 35.9 Å². The zero-order valence-corrected chi connectivity index (χ0v) is 21.2. The van der Waals surface area contributed by atoms with Gasteiger partial charge >= 0.3 is 0 Å². The molecule has 5 rings (SSSR count).